The van der Waals surface area contributed by atoms with Crippen LogP contribution in [0.3, 0.4) is 0 Å². The van der Waals surface area contributed by atoms with Crippen molar-refractivity contribution in [3.63, 3.8) is 0 Å². The number of hydrogen-bond donors (Lipinski definition) is 1. The van der Waals surface area contributed by atoms with Gasteiger partial charge in [-0.25, -0.2) is 0 Å². The van der Waals surface area contributed by atoms with Crippen LogP contribution in [0.25, 0.3) is 0 Å². The van der Waals surface area contributed by atoms with Crippen LogP contribution in [0.1, 0.15) is 52.4 Å². The Morgan fingerprint density at radius 3 is 2.60 bits per heavy atom. The second-order valence-electron chi connectivity index (χ2n) is 6.27. The number of nitrogens with one attached hydrogen (secondary N) is 1. The molecule has 0 radical (unpaired) electrons. The molecule has 2 unspecified atom stereocenters. The third-order valence-electron chi connectivity index (χ3n) is 4.78. The minimum atomic E-state index is -0.282. The van der Waals surface area contributed by atoms with Crippen molar-refractivity contribution in [1.29, 1.82) is 0 Å². The maximum absolute atomic E-state index is 5.94. The van der Waals surface area contributed by atoms with Crippen LogP contribution in [0.2, 0.25) is 0 Å². The fourth-order valence-electron chi connectivity index (χ4n) is 3.63. The van der Waals surface area contributed by atoms with Gasteiger partial charge in [0, 0.05) is 24.9 Å². The number of ether oxygens (including phenoxy) is 2. The molecule has 2 aliphatic rings. The van der Waals surface area contributed by atoms with Crippen LogP contribution in [0, 0.1) is 0 Å². The Hall–Kier alpha value is -0.160. The molecule has 0 aromatic heterocycles. The summed E-state index contributed by atoms with van der Waals surface area (Å²) in [7, 11) is 2.26. The van der Waals surface area contributed by atoms with Gasteiger partial charge in [0.05, 0.1) is 13.2 Å². The van der Waals surface area contributed by atoms with Crippen LogP contribution in [-0.4, -0.2) is 56.1 Å². The highest BCUT2D eigenvalue weighted by Crippen LogP contribution is 2.37. The number of unbranched alkanes of at least 4 members (excludes halogenated alkanes) is 2. The van der Waals surface area contributed by atoms with E-state index in [1.165, 1.54) is 25.8 Å². The van der Waals surface area contributed by atoms with Crippen molar-refractivity contribution in [1.82, 2.24) is 10.2 Å². The standard InChI is InChI=1S/C16H32N2O2/c1-4-6-7-10-18(3)15-13-16(19-11-12-20-16)9-8-14(15)17-5-2/h14-15,17H,4-13H2,1-3H3. The van der Waals surface area contributed by atoms with Gasteiger partial charge in [0.2, 0.25) is 0 Å². The zero-order chi connectivity index (χ0) is 14.4. The fourth-order valence-corrected chi connectivity index (χ4v) is 3.63. The molecule has 1 spiro atoms. The van der Waals surface area contributed by atoms with E-state index in [0.29, 0.717) is 12.1 Å². The quantitative estimate of drug-likeness (QED) is 0.728. The average Bonchev–Trinajstić information content (AvgIpc) is 2.90. The van der Waals surface area contributed by atoms with Gasteiger partial charge >= 0.3 is 0 Å². The van der Waals surface area contributed by atoms with Crippen LogP contribution >= 0.6 is 0 Å². The minimum absolute atomic E-state index is 0.282. The lowest BCUT2D eigenvalue weighted by molar-refractivity contribution is -0.192. The predicted molar refractivity (Wildman–Crippen MR) is 81.9 cm³/mol. The van der Waals surface area contributed by atoms with Gasteiger partial charge in [-0.3, -0.25) is 0 Å². The zero-order valence-corrected chi connectivity index (χ0v) is 13.5. The largest absolute Gasteiger partial charge is 0.347 e. The lowest BCUT2D eigenvalue weighted by Gasteiger charge is -2.45. The Bertz CT molecular complexity index is 280. The molecule has 0 bridgehead atoms. The fraction of sp³-hybridized carbons (Fsp3) is 1.00. The van der Waals surface area contributed by atoms with Crippen molar-refractivity contribution in [3.8, 4) is 0 Å². The first-order valence-electron chi connectivity index (χ1n) is 8.42. The smallest absolute Gasteiger partial charge is 0.170 e. The molecule has 2 atom stereocenters. The summed E-state index contributed by atoms with van der Waals surface area (Å²) in [5, 5.41) is 3.66. The van der Waals surface area contributed by atoms with E-state index in [-0.39, 0.29) is 5.79 Å². The monoisotopic (exact) mass is 284 g/mol. The second kappa shape index (κ2) is 7.74. The van der Waals surface area contributed by atoms with Gasteiger partial charge in [-0.05, 0) is 33.0 Å². The summed E-state index contributed by atoms with van der Waals surface area (Å²) in [6, 6.07) is 1.10. The summed E-state index contributed by atoms with van der Waals surface area (Å²) in [4.78, 5) is 2.52. The van der Waals surface area contributed by atoms with Gasteiger partial charge in [-0.15, -0.1) is 0 Å². The Morgan fingerprint density at radius 1 is 1.20 bits per heavy atom. The summed E-state index contributed by atoms with van der Waals surface area (Å²) in [6.07, 6.45) is 7.08. The van der Waals surface area contributed by atoms with Crippen LogP contribution in [0.4, 0.5) is 0 Å². The van der Waals surface area contributed by atoms with Gasteiger partial charge in [0.15, 0.2) is 5.79 Å². The van der Waals surface area contributed by atoms with E-state index in [1.54, 1.807) is 0 Å². The summed E-state index contributed by atoms with van der Waals surface area (Å²) in [5.41, 5.74) is 0. The molecule has 1 N–H and O–H groups in total. The lowest BCUT2D eigenvalue weighted by atomic mass is 9.84. The number of hydrogen-bond acceptors (Lipinski definition) is 4. The van der Waals surface area contributed by atoms with Crippen molar-refractivity contribution in [2.45, 2.75) is 70.2 Å². The van der Waals surface area contributed by atoms with E-state index >= 15 is 0 Å². The van der Waals surface area contributed by atoms with Crippen molar-refractivity contribution >= 4 is 0 Å². The number of rotatable bonds is 7. The molecule has 1 aliphatic heterocycles. The van der Waals surface area contributed by atoms with Crippen molar-refractivity contribution in [3.05, 3.63) is 0 Å². The molecule has 118 valence electrons. The normalized spacial score (nSPS) is 29.4. The molecular formula is C16H32N2O2. The van der Waals surface area contributed by atoms with Gasteiger partial charge in [0.25, 0.3) is 0 Å². The lowest BCUT2D eigenvalue weighted by Crippen LogP contribution is -2.57. The molecule has 20 heavy (non-hydrogen) atoms. The maximum Gasteiger partial charge on any atom is 0.170 e. The summed E-state index contributed by atoms with van der Waals surface area (Å²) in [5.74, 6) is -0.282. The van der Waals surface area contributed by atoms with Gasteiger partial charge in [-0.1, -0.05) is 26.7 Å². The van der Waals surface area contributed by atoms with Crippen LogP contribution < -0.4 is 5.32 Å². The van der Waals surface area contributed by atoms with Crippen molar-refractivity contribution in [2.24, 2.45) is 0 Å². The van der Waals surface area contributed by atoms with Gasteiger partial charge < -0.3 is 19.7 Å². The first-order chi connectivity index (χ1) is 9.71. The van der Waals surface area contributed by atoms with Gasteiger partial charge in [-0.2, -0.15) is 0 Å². The molecule has 0 aromatic carbocycles. The Labute approximate surface area is 124 Å². The third kappa shape index (κ3) is 3.94. The van der Waals surface area contributed by atoms with E-state index in [1.807, 2.05) is 0 Å². The first kappa shape index (κ1) is 16.2. The topological polar surface area (TPSA) is 33.7 Å². The zero-order valence-electron chi connectivity index (χ0n) is 13.5. The average molecular weight is 284 g/mol. The molecule has 0 aromatic rings. The SMILES string of the molecule is CCCCCN(C)C1CC2(CCC1NCC)OCCO2. The van der Waals surface area contributed by atoms with Gasteiger partial charge in [0.1, 0.15) is 0 Å². The summed E-state index contributed by atoms with van der Waals surface area (Å²) < 4.78 is 11.9. The Kier molecular flexibility index (Phi) is 6.27. The Morgan fingerprint density at radius 2 is 1.95 bits per heavy atom. The van der Waals surface area contributed by atoms with E-state index in [0.717, 1.165) is 39.0 Å². The summed E-state index contributed by atoms with van der Waals surface area (Å²) in [6.45, 7) is 8.20. The van der Waals surface area contributed by atoms with Crippen LogP contribution in [0.5, 0.6) is 0 Å². The second-order valence-corrected chi connectivity index (χ2v) is 6.27. The Balaban J connectivity index is 1.94. The molecule has 1 heterocycles. The van der Waals surface area contributed by atoms with Crippen LogP contribution in [0.15, 0.2) is 0 Å². The van der Waals surface area contributed by atoms with Crippen molar-refractivity contribution in [2.75, 3.05) is 33.4 Å². The molecule has 1 saturated heterocycles. The highest BCUT2D eigenvalue weighted by molar-refractivity contribution is 4.95. The molecule has 2 fully saturated rings. The maximum atomic E-state index is 5.94. The highest BCUT2D eigenvalue weighted by atomic mass is 16.7. The van der Waals surface area contributed by atoms with Crippen LogP contribution in [-0.2, 0) is 9.47 Å². The molecule has 4 nitrogen and oxygen atoms in total. The first-order valence-corrected chi connectivity index (χ1v) is 8.42. The third-order valence-corrected chi connectivity index (χ3v) is 4.78. The highest BCUT2D eigenvalue weighted by Gasteiger charge is 2.45. The van der Waals surface area contributed by atoms with E-state index < -0.39 is 0 Å². The minimum Gasteiger partial charge on any atom is -0.347 e. The molecule has 2 rings (SSSR count). The molecule has 4 heteroatoms. The summed E-state index contributed by atoms with van der Waals surface area (Å²) >= 11 is 0. The van der Waals surface area contributed by atoms with Crippen molar-refractivity contribution < 1.29 is 9.47 Å². The molecule has 0 amide bonds. The molecule has 1 saturated carbocycles. The number of likely N-dealkylation sites (N-methyl/N-ethyl adjacent to an activating group) is 2. The predicted octanol–water partition coefficient (Wildman–Crippen LogP) is 2.38. The molecule has 1 aliphatic carbocycles. The molecular weight excluding hydrogens is 252 g/mol. The van der Waals surface area contributed by atoms with E-state index in [4.69, 9.17) is 9.47 Å². The van der Waals surface area contributed by atoms with E-state index in [2.05, 4.69) is 31.1 Å². The van der Waals surface area contributed by atoms with E-state index in [9.17, 15) is 0 Å². The number of nitrogens with zero attached hydrogens (tertiary/aromatic N) is 1.